The monoisotopic (exact) mass is 287 g/mol. The molecule has 2 nitrogen and oxygen atoms in total. The quantitative estimate of drug-likeness (QED) is 0.922. The van der Waals surface area contributed by atoms with Crippen molar-refractivity contribution in [3.05, 3.63) is 69.2 Å². The smallest absolute Gasteiger partial charge is 0.0725 e. The van der Waals surface area contributed by atoms with E-state index in [4.69, 9.17) is 16.3 Å². The maximum absolute atomic E-state index is 6.25. The molecule has 0 radical (unpaired) electrons. The fraction of sp³-hybridized carbons (Fsp3) is 0.294. The first-order valence-corrected chi connectivity index (χ1v) is 7.20. The third-order valence-corrected chi connectivity index (χ3v) is 4.40. The highest BCUT2D eigenvalue weighted by Crippen LogP contribution is 2.31. The molecule has 0 aromatic heterocycles. The Bertz CT molecular complexity index is 639. The molecule has 1 atom stereocenters. The van der Waals surface area contributed by atoms with Gasteiger partial charge in [0.05, 0.1) is 19.3 Å². The van der Waals surface area contributed by atoms with Crippen molar-refractivity contribution in [2.45, 2.75) is 26.2 Å². The molecule has 1 unspecified atom stereocenters. The van der Waals surface area contributed by atoms with Gasteiger partial charge < -0.3 is 10.1 Å². The van der Waals surface area contributed by atoms with E-state index >= 15 is 0 Å². The molecule has 1 aliphatic heterocycles. The second-order valence-electron chi connectivity index (χ2n) is 5.20. The van der Waals surface area contributed by atoms with Gasteiger partial charge in [0.2, 0.25) is 0 Å². The van der Waals surface area contributed by atoms with Crippen LogP contribution in [-0.4, -0.2) is 7.05 Å². The number of hydrogen-bond acceptors (Lipinski definition) is 2. The van der Waals surface area contributed by atoms with Crippen molar-refractivity contribution in [3.63, 3.8) is 0 Å². The summed E-state index contributed by atoms with van der Waals surface area (Å²) in [6, 6.07) is 12.8. The van der Waals surface area contributed by atoms with Crippen LogP contribution in [0.3, 0.4) is 0 Å². The van der Waals surface area contributed by atoms with E-state index in [0.29, 0.717) is 6.61 Å². The van der Waals surface area contributed by atoms with Gasteiger partial charge in [-0.15, -0.1) is 0 Å². The van der Waals surface area contributed by atoms with Crippen molar-refractivity contribution in [2.24, 2.45) is 0 Å². The zero-order chi connectivity index (χ0) is 14.1. The summed E-state index contributed by atoms with van der Waals surface area (Å²) in [4.78, 5) is 0. The first-order valence-electron chi connectivity index (χ1n) is 6.82. The minimum atomic E-state index is 0.152. The van der Waals surface area contributed by atoms with Crippen LogP contribution in [0.1, 0.15) is 33.9 Å². The van der Waals surface area contributed by atoms with Gasteiger partial charge in [-0.05, 0) is 47.9 Å². The van der Waals surface area contributed by atoms with E-state index < -0.39 is 0 Å². The summed E-state index contributed by atoms with van der Waals surface area (Å²) in [5.41, 5.74) is 6.19. The number of nitrogens with one attached hydrogen (secondary N) is 1. The predicted molar refractivity (Wildman–Crippen MR) is 82.0 cm³/mol. The fourth-order valence-electron chi connectivity index (χ4n) is 2.81. The van der Waals surface area contributed by atoms with E-state index in [2.05, 4.69) is 36.5 Å². The average Bonchev–Trinajstić information content (AvgIpc) is 2.92. The Hall–Kier alpha value is -1.35. The van der Waals surface area contributed by atoms with Crippen LogP contribution in [0.2, 0.25) is 5.02 Å². The van der Waals surface area contributed by atoms with Gasteiger partial charge in [0, 0.05) is 5.02 Å². The van der Waals surface area contributed by atoms with E-state index in [1.807, 2.05) is 19.2 Å². The lowest BCUT2D eigenvalue weighted by Crippen LogP contribution is -2.19. The van der Waals surface area contributed by atoms with Crippen LogP contribution in [0.25, 0.3) is 0 Å². The van der Waals surface area contributed by atoms with Gasteiger partial charge in [0.25, 0.3) is 0 Å². The molecule has 3 heteroatoms. The van der Waals surface area contributed by atoms with E-state index in [1.54, 1.807) is 0 Å². The molecule has 2 aromatic carbocycles. The van der Waals surface area contributed by atoms with Crippen LogP contribution in [0.15, 0.2) is 36.4 Å². The second-order valence-corrected chi connectivity index (χ2v) is 5.60. The lowest BCUT2D eigenvalue weighted by Gasteiger charge is -2.20. The van der Waals surface area contributed by atoms with Crippen LogP contribution >= 0.6 is 11.6 Å². The van der Waals surface area contributed by atoms with Gasteiger partial charge in [-0.2, -0.15) is 0 Å². The highest BCUT2D eigenvalue weighted by molar-refractivity contribution is 6.31. The lowest BCUT2D eigenvalue weighted by molar-refractivity contribution is 0.134. The Morgan fingerprint density at radius 3 is 2.75 bits per heavy atom. The van der Waals surface area contributed by atoms with Crippen molar-refractivity contribution in [2.75, 3.05) is 7.05 Å². The SMILES string of the molecule is CNC(c1ccc2c(c1)COC2)c1cccc(Cl)c1C. The van der Waals surface area contributed by atoms with E-state index in [9.17, 15) is 0 Å². The Labute approximate surface area is 124 Å². The summed E-state index contributed by atoms with van der Waals surface area (Å²) < 4.78 is 5.49. The minimum absolute atomic E-state index is 0.152. The van der Waals surface area contributed by atoms with Gasteiger partial charge in [-0.3, -0.25) is 0 Å². The van der Waals surface area contributed by atoms with Crippen LogP contribution in [-0.2, 0) is 18.0 Å². The van der Waals surface area contributed by atoms with Crippen molar-refractivity contribution in [1.82, 2.24) is 5.32 Å². The molecule has 0 saturated heterocycles. The van der Waals surface area contributed by atoms with Crippen LogP contribution in [0.4, 0.5) is 0 Å². The summed E-state index contributed by atoms with van der Waals surface area (Å²) in [6.07, 6.45) is 0. The fourth-order valence-corrected chi connectivity index (χ4v) is 2.99. The van der Waals surface area contributed by atoms with Crippen LogP contribution in [0, 0.1) is 6.92 Å². The summed E-state index contributed by atoms with van der Waals surface area (Å²) in [5, 5.41) is 4.21. The molecular formula is C17H18ClNO. The topological polar surface area (TPSA) is 21.3 Å². The van der Waals surface area contributed by atoms with Crippen molar-refractivity contribution in [1.29, 1.82) is 0 Å². The molecule has 0 amide bonds. The number of hydrogen-bond donors (Lipinski definition) is 1. The molecule has 1 N–H and O–H groups in total. The molecule has 0 aliphatic carbocycles. The van der Waals surface area contributed by atoms with E-state index in [-0.39, 0.29) is 6.04 Å². The van der Waals surface area contributed by atoms with Crippen molar-refractivity contribution < 1.29 is 4.74 Å². The van der Waals surface area contributed by atoms with Gasteiger partial charge in [-0.25, -0.2) is 0 Å². The molecular weight excluding hydrogens is 270 g/mol. The largest absolute Gasteiger partial charge is 0.372 e. The molecule has 2 aromatic rings. The second kappa shape index (κ2) is 5.57. The zero-order valence-corrected chi connectivity index (χ0v) is 12.5. The normalized spacial score (nSPS) is 15.2. The summed E-state index contributed by atoms with van der Waals surface area (Å²) in [6.45, 7) is 3.52. The minimum Gasteiger partial charge on any atom is -0.372 e. The third kappa shape index (κ3) is 2.35. The van der Waals surface area contributed by atoms with Crippen LogP contribution < -0.4 is 5.32 Å². The Balaban J connectivity index is 2.03. The number of benzene rings is 2. The Kier molecular flexibility index (Phi) is 3.79. The molecule has 3 rings (SSSR count). The first kappa shape index (κ1) is 13.6. The Morgan fingerprint density at radius 1 is 1.15 bits per heavy atom. The molecule has 1 heterocycles. The van der Waals surface area contributed by atoms with Gasteiger partial charge in [0.1, 0.15) is 0 Å². The molecule has 0 saturated carbocycles. The van der Waals surface area contributed by atoms with Crippen LogP contribution in [0.5, 0.6) is 0 Å². The van der Waals surface area contributed by atoms with Crippen molar-refractivity contribution >= 4 is 11.6 Å². The van der Waals surface area contributed by atoms with E-state index in [0.717, 1.165) is 17.2 Å². The maximum Gasteiger partial charge on any atom is 0.0725 e. The maximum atomic E-state index is 6.25. The molecule has 1 aliphatic rings. The first-order chi connectivity index (χ1) is 9.70. The Morgan fingerprint density at radius 2 is 1.95 bits per heavy atom. The number of fused-ring (bicyclic) bond motifs is 1. The zero-order valence-electron chi connectivity index (χ0n) is 11.7. The lowest BCUT2D eigenvalue weighted by atomic mass is 9.93. The third-order valence-electron chi connectivity index (χ3n) is 3.99. The molecule has 20 heavy (non-hydrogen) atoms. The van der Waals surface area contributed by atoms with Gasteiger partial charge in [0.15, 0.2) is 0 Å². The molecule has 0 bridgehead atoms. The van der Waals surface area contributed by atoms with E-state index in [1.165, 1.54) is 22.3 Å². The number of rotatable bonds is 3. The predicted octanol–water partition coefficient (Wildman–Crippen LogP) is 3.99. The number of halogens is 1. The number of ether oxygens (including phenoxy) is 1. The molecule has 0 spiro atoms. The average molecular weight is 288 g/mol. The summed E-state index contributed by atoms with van der Waals surface area (Å²) in [7, 11) is 1.98. The van der Waals surface area contributed by atoms with Crippen molar-refractivity contribution in [3.8, 4) is 0 Å². The van der Waals surface area contributed by atoms with Gasteiger partial charge in [-0.1, -0.05) is 41.9 Å². The molecule has 104 valence electrons. The summed E-state index contributed by atoms with van der Waals surface area (Å²) >= 11 is 6.25. The molecule has 0 fully saturated rings. The van der Waals surface area contributed by atoms with Gasteiger partial charge >= 0.3 is 0 Å². The standard InChI is InChI=1S/C17H18ClNO/c1-11-15(4-3-5-16(11)18)17(19-2)12-6-7-13-9-20-10-14(13)8-12/h3-8,17,19H,9-10H2,1-2H3. The summed E-state index contributed by atoms with van der Waals surface area (Å²) in [5.74, 6) is 0. The highest BCUT2D eigenvalue weighted by atomic mass is 35.5. The highest BCUT2D eigenvalue weighted by Gasteiger charge is 2.18.